The van der Waals surface area contributed by atoms with Gasteiger partial charge in [-0.05, 0) is 19.1 Å². The van der Waals surface area contributed by atoms with E-state index in [0.29, 0.717) is 17.9 Å². The van der Waals surface area contributed by atoms with Crippen LogP contribution in [0.15, 0.2) is 35.4 Å². The number of rotatable bonds is 5. The van der Waals surface area contributed by atoms with Crippen LogP contribution in [0.3, 0.4) is 0 Å². The zero-order chi connectivity index (χ0) is 13.8. The maximum Gasteiger partial charge on any atom is 0.345 e. The molecule has 0 saturated carbocycles. The van der Waals surface area contributed by atoms with Crippen molar-refractivity contribution in [3.05, 3.63) is 46.6 Å². The van der Waals surface area contributed by atoms with Crippen molar-refractivity contribution in [3.63, 3.8) is 0 Å². The lowest BCUT2D eigenvalue weighted by Gasteiger charge is -2.09. The maximum atomic E-state index is 11.5. The molecule has 2 rings (SSSR count). The Kier molecular flexibility index (Phi) is 3.79. The SMILES string of the molecule is CC(=O)c1ccccc1OCCn1ncn(C)c1=O. The number of nitrogens with zero attached hydrogens (tertiary/aromatic N) is 3. The first-order valence-electron chi connectivity index (χ1n) is 5.91. The molecule has 19 heavy (non-hydrogen) atoms. The van der Waals surface area contributed by atoms with E-state index in [1.54, 1.807) is 31.3 Å². The third kappa shape index (κ3) is 2.90. The summed E-state index contributed by atoms with van der Waals surface area (Å²) in [6.07, 6.45) is 1.45. The molecule has 2 aromatic rings. The van der Waals surface area contributed by atoms with Gasteiger partial charge in [-0.2, -0.15) is 5.10 Å². The number of hydrogen-bond donors (Lipinski definition) is 0. The van der Waals surface area contributed by atoms with Crippen LogP contribution < -0.4 is 10.4 Å². The normalized spacial score (nSPS) is 10.4. The van der Waals surface area contributed by atoms with Crippen molar-refractivity contribution in [1.29, 1.82) is 0 Å². The van der Waals surface area contributed by atoms with Gasteiger partial charge in [0, 0.05) is 7.05 Å². The van der Waals surface area contributed by atoms with Gasteiger partial charge in [-0.15, -0.1) is 0 Å². The fraction of sp³-hybridized carbons (Fsp3) is 0.308. The highest BCUT2D eigenvalue weighted by Crippen LogP contribution is 2.18. The van der Waals surface area contributed by atoms with Crippen molar-refractivity contribution in [1.82, 2.24) is 14.3 Å². The predicted octanol–water partition coefficient (Wildman–Crippen LogP) is 0.863. The van der Waals surface area contributed by atoms with Gasteiger partial charge in [0.2, 0.25) is 0 Å². The summed E-state index contributed by atoms with van der Waals surface area (Å²) in [5.74, 6) is 0.476. The quantitative estimate of drug-likeness (QED) is 0.749. The molecule has 0 radical (unpaired) electrons. The van der Waals surface area contributed by atoms with Gasteiger partial charge >= 0.3 is 5.69 Å². The second-order valence-electron chi connectivity index (χ2n) is 4.15. The molecule has 100 valence electrons. The number of carbonyl (C=O) groups excluding carboxylic acids is 1. The zero-order valence-corrected chi connectivity index (χ0v) is 10.9. The summed E-state index contributed by atoms with van der Waals surface area (Å²) in [6, 6.07) is 7.03. The number of carbonyl (C=O) groups is 1. The summed E-state index contributed by atoms with van der Waals surface area (Å²) in [7, 11) is 1.64. The third-order valence-electron chi connectivity index (χ3n) is 2.71. The number of ether oxygens (including phenoxy) is 1. The number of aromatic nitrogens is 3. The summed E-state index contributed by atoms with van der Waals surface area (Å²) in [4.78, 5) is 22.9. The highest BCUT2D eigenvalue weighted by Gasteiger charge is 2.07. The van der Waals surface area contributed by atoms with Crippen LogP contribution in [-0.2, 0) is 13.6 Å². The molecule has 0 fully saturated rings. The van der Waals surface area contributed by atoms with Crippen molar-refractivity contribution >= 4 is 5.78 Å². The zero-order valence-electron chi connectivity index (χ0n) is 10.9. The van der Waals surface area contributed by atoms with E-state index in [9.17, 15) is 9.59 Å². The number of Topliss-reactive ketones (excluding diaryl/α,β-unsaturated/α-hetero) is 1. The van der Waals surface area contributed by atoms with E-state index < -0.39 is 0 Å². The van der Waals surface area contributed by atoms with Crippen LogP contribution in [-0.4, -0.2) is 26.7 Å². The first kappa shape index (κ1) is 13.1. The smallest absolute Gasteiger partial charge is 0.345 e. The molecule has 1 heterocycles. The molecule has 0 aliphatic rings. The average molecular weight is 261 g/mol. The van der Waals surface area contributed by atoms with Gasteiger partial charge in [-0.1, -0.05) is 12.1 Å². The van der Waals surface area contributed by atoms with Crippen LogP contribution in [0.4, 0.5) is 0 Å². The van der Waals surface area contributed by atoms with Crippen LogP contribution >= 0.6 is 0 Å². The molecule has 0 saturated heterocycles. The first-order valence-corrected chi connectivity index (χ1v) is 5.91. The Labute approximate surface area is 110 Å². The lowest BCUT2D eigenvalue weighted by Crippen LogP contribution is -2.25. The number of hydrogen-bond acceptors (Lipinski definition) is 4. The molecule has 6 nitrogen and oxygen atoms in total. The van der Waals surface area contributed by atoms with Gasteiger partial charge in [0.1, 0.15) is 18.7 Å². The lowest BCUT2D eigenvalue weighted by atomic mass is 10.1. The largest absolute Gasteiger partial charge is 0.491 e. The van der Waals surface area contributed by atoms with E-state index in [1.165, 1.54) is 22.5 Å². The molecule has 0 aliphatic heterocycles. The molecule has 0 aliphatic carbocycles. The van der Waals surface area contributed by atoms with E-state index in [-0.39, 0.29) is 18.1 Å². The predicted molar refractivity (Wildman–Crippen MR) is 69.4 cm³/mol. The summed E-state index contributed by atoms with van der Waals surface area (Å²) in [5, 5.41) is 3.92. The molecule has 0 atom stereocenters. The van der Waals surface area contributed by atoms with Gasteiger partial charge in [-0.3, -0.25) is 9.36 Å². The Morgan fingerprint density at radius 1 is 1.37 bits per heavy atom. The molecule has 0 spiro atoms. The van der Waals surface area contributed by atoms with Crippen LogP contribution in [0.25, 0.3) is 0 Å². The average Bonchev–Trinajstić information content (AvgIpc) is 2.71. The van der Waals surface area contributed by atoms with Crippen LogP contribution in [0.2, 0.25) is 0 Å². The Morgan fingerprint density at radius 2 is 2.11 bits per heavy atom. The fourth-order valence-corrected chi connectivity index (χ4v) is 1.70. The molecular formula is C13H15N3O3. The van der Waals surface area contributed by atoms with E-state index in [1.807, 2.05) is 0 Å². The summed E-state index contributed by atoms with van der Waals surface area (Å²) < 4.78 is 8.25. The first-order chi connectivity index (χ1) is 9.09. The minimum Gasteiger partial charge on any atom is -0.491 e. The molecule has 0 amide bonds. The fourth-order valence-electron chi connectivity index (χ4n) is 1.70. The van der Waals surface area contributed by atoms with E-state index in [0.717, 1.165) is 0 Å². The standard InChI is InChI=1S/C13H15N3O3/c1-10(17)11-5-3-4-6-12(11)19-8-7-16-13(18)15(2)9-14-16/h3-6,9H,7-8H2,1-2H3. The Balaban J connectivity index is 2.02. The molecule has 1 aromatic carbocycles. The number of benzene rings is 1. The lowest BCUT2D eigenvalue weighted by molar-refractivity contribution is 0.101. The Bertz CT molecular complexity index is 643. The highest BCUT2D eigenvalue weighted by molar-refractivity contribution is 5.96. The minimum absolute atomic E-state index is 0.0504. The molecule has 0 N–H and O–H groups in total. The molecular weight excluding hydrogens is 246 g/mol. The molecule has 6 heteroatoms. The Morgan fingerprint density at radius 3 is 2.74 bits per heavy atom. The van der Waals surface area contributed by atoms with Crippen molar-refractivity contribution in [2.75, 3.05) is 6.61 Å². The van der Waals surface area contributed by atoms with Gasteiger partial charge in [0.05, 0.1) is 12.1 Å². The molecule has 0 bridgehead atoms. The number of para-hydroxylation sites is 1. The van der Waals surface area contributed by atoms with Crippen LogP contribution in [0, 0.1) is 0 Å². The van der Waals surface area contributed by atoms with Gasteiger partial charge in [0.15, 0.2) is 5.78 Å². The monoisotopic (exact) mass is 261 g/mol. The van der Waals surface area contributed by atoms with Gasteiger partial charge in [0.25, 0.3) is 0 Å². The van der Waals surface area contributed by atoms with Gasteiger partial charge in [-0.25, -0.2) is 9.48 Å². The second-order valence-corrected chi connectivity index (χ2v) is 4.15. The van der Waals surface area contributed by atoms with Crippen LogP contribution in [0.1, 0.15) is 17.3 Å². The van der Waals surface area contributed by atoms with Crippen LogP contribution in [0.5, 0.6) is 5.75 Å². The summed E-state index contributed by atoms with van der Waals surface area (Å²) in [5.41, 5.74) is 0.347. The summed E-state index contributed by atoms with van der Waals surface area (Å²) in [6.45, 7) is 2.11. The Hall–Kier alpha value is -2.37. The number of aryl methyl sites for hydroxylation is 1. The van der Waals surface area contributed by atoms with Crippen molar-refractivity contribution in [2.45, 2.75) is 13.5 Å². The van der Waals surface area contributed by atoms with E-state index in [2.05, 4.69) is 5.10 Å². The topological polar surface area (TPSA) is 66.1 Å². The third-order valence-corrected chi connectivity index (χ3v) is 2.71. The second kappa shape index (κ2) is 5.51. The van der Waals surface area contributed by atoms with Crippen molar-refractivity contribution in [2.24, 2.45) is 7.05 Å². The van der Waals surface area contributed by atoms with Crippen molar-refractivity contribution in [3.8, 4) is 5.75 Å². The highest BCUT2D eigenvalue weighted by atomic mass is 16.5. The van der Waals surface area contributed by atoms with E-state index >= 15 is 0 Å². The molecule has 1 aromatic heterocycles. The number of ketones is 1. The van der Waals surface area contributed by atoms with Crippen molar-refractivity contribution < 1.29 is 9.53 Å². The maximum absolute atomic E-state index is 11.5. The minimum atomic E-state index is -0.191. The van der Waals surface area contributed by atoms with Gasteiger partial charge < -0.3 is 4.74 Å². The molecule has 0 unspecified atom stereocenters. The summed E-state index contributed by atoms with van der Waals surface area (Å²) >= 11 is 0. The van der Waals surface area contributed by atoms with E-state index in [4.69, 9.17) is 4.74 Å².